The van der Waals surface area contributed by atoms with Crippen molar-refractivity contribution >= 4 is 27.6 Å². The van der Waals surface area contributed by atoms with E-state index in [1.54, 1.807) is 4.90 Å². The third kappa shape index (κ3) is 6.24. The van der Waals surface area contributed by atoms with Crippen molar-refractivity contribution in [3.8, 4) is 11.3 Å². The Morgan fingerprint density at radius 2 is 1.71 bits per heavy atom. The third-order valence-electron chi connectivity index (χ3n) is 6.89. The van der Waals surface area contributed by atoms with E-state index in [1.165, 1.54) is 29.8 Å². The van der Waals surface area contributed by atoms with Crippen LogP contribution in [-0.4, -0.2) is 60.8 Å². The first kappa shape index (κ1) is 27.4. The van der Waals surface area contributed by atoms with Gasteiger partial charge in [0.25, 0.3) is 5.91 Å². The molecule has 4 rings (SSSR count). The summed E-state index contributed by atoms with van der Waals surface area (Å²) in [5, 5.41) is 13.1. The van der Waals surface area contributed by atoms with E-state index in [-0.39, 0.29) is 28.3 Å². The van der Waals surface area contributed by atoms with E-state index >= 15 is 0 Å². The fourth-order valence-corrected chi connectivity index (χ4v) is 5.48. The predicted octanol–water partition coefficient (Wildman–Crippen LogP) is 4.51. The summed E-state index contributed by atoms with van der Waals surface area (Å²) in [6.45, 7) is 9.62. The number of sulfone groups is 1. The molecular weight excluding hydrogens is 502 g/mol. The van der Waals surface area contributed by atoms with Gasteiger partial charge in [-0.25, -0.2) is 13.2 Å². The molecule has 0 unspecified atom stereocenters. The maximum Gasteiger partial charge on any atom is 0.320 e. The van der Waals surface area contributed by atoms with E-state index in [0.717, 1.165) is 23.1 Å². The van der Waals surface area contributed by atoms with E-state index < -0.39 is 9.84 Å². The highest BCUT2D eigenvalue weighted by Gasteiger charge is 2.25. The number of carbonyl (C=O) groups is 2. The minimum Gasteiger partial charge on any atom is -0.338 e. The molecule has 3 aromatic rings. The maximum absolute atomic E-state index is 12.8. The summed E-state index contributed by atoms with van der Waals surface area (Å²) in [6, 6.07) is 13.6. The molecule has 10 heteroatoms. The van der Waals surface area contributed by atoms with Crippen LogP contribution in [0.3, 0.4) is 0 Å². The summed E-state index contributed by atoms with van der Waals surface area (Å²) in [7, 11) is -3.31. The number of aromatic nitrogens is 2. The molecule has 0 aliphatic carbocycles. The Balaban J connectivity index is 1.30. The number of hydrogen-bond acceptors (Lipinski definition) is 5. The minimum atomic E-state index is -3.31. The first-order valence-electron chi connectivity index (χ1n) is 12.7. The zero-order valence-electron chi connectivity index (χ0n) is 22.5. The maximum atomic E-state index is 12.8. The molecule has 1 fully saturated rings. The molecule has 0 saturated carbocycles. The van der Waals surface area contributed by atoms with Gasteiger partial charge in [-0.3, -0.25) is 15.2 Å². The average Bonchev–Trinajstić information content (AvgIpc) is 3.31. The lowest BCUT2D eigenvalue weighted by Crippen LogP contribution is -2.47. The van der Waals surface area contributed by atoms with Crippen LogP contribution >= 0.6 is 0 Å². The molecule has 2 heterocycles. The highest BCUT2D eigenvalue weighted by molar-refractivity contribution is 7.90. The van der Waals surface area contributed by atoms with Crippen molar-refractivity contribution in [1.82, 2.24) is 20.4 Å². The fourth-order valence-electron chi connectivity index (χ4n) is 4.85. The van der Waals surface area contributed by atoms with Gasteiger partial charge in [-0.2, -0.15) is 5.10 Å². The zero-order valence-corrected chi connectivity index (χ0v) is 23.3. The molecule has 202 valence electrons. The molecule has 3 N–H and O–H groups in total. The highest BCUT2D eigenvalue weighted by atomic mass is 32.2. The van der Waals surface area contributed by atoms with Crippen LogP contribution in [0, 0.1) is 6.92 Å². The second kappa shape index (κ2) is 10.6. The number of nitrogens with zero attached hydrogens (tertiary/aromatic N) is 2. The van der Waals surface area contributed by atoms with Gasteiger partial charge in [0.1, 0.15) is 5.82 Å². The van der Waals surface area contributed by atoms with Crippen LogP contribution in [0.5, 0.6) is 0 Å². The van der Waals surface area contributed by atoms with Crippen molar-refractivity contribution < 1.29 is 18.0 Å². The Morgan fingerprint density at radius 1 is 1.05 bits per heavy atom. The number of aromatic amines is 1. The van der Waals surface area contributed by atoms with Crippen molar-refractivity contribution in [1.29, 1.82) is 0 Å². The van der Waals surface area contributed by atoms with Gasteiger partial charge in [-0.05, 0) is 60.6 Å². The number of nitrogens with one attached hydrogen (secondary N) is 3. The number of piperidine rings is 1. The molecule has 1 aliphatic heterocycles. The number of benzene rings is 2. The summed E-state index contributed by atoms with van der Waals surface area (Å²) < 4.78 is 23.3. The first-order valence-corrected chi connectivity index (χ1v) is 14.5. The number of H-pyrrole nitrogens is 1. The lowest BCUT2D eigenvalue weighted by atomic mass is 9.82. The van der Waals surface area contributed by atoms with Gasteiger partial charge < -0.3 is 10.2 Å². The second-order valence-corrected chi connectivity index (χ2v) is 12.9. The number of urea groups is 1. The molecule has 1 saturated heterocycles. The topological polar surface area (TPSA) is 124 Å². The molecule has 9 nitrogen and oxygen atoms in total. The van der Waals surface area contributed by atoms with Crippen LogP contribution in [0.25, 0.3) is 11.3 Å². The molecule has 2 aromatic carbocycles. The Bertz CT molecular complexity index is 1430. The largest absolute Gasteiger partial charge is 0.338 e. The summed E-state index contributed by atoms with van der Waals surface area (Å²) in [4.78, 5) is 27.3. The highest BCUT2D eigenvalue weighted by Crippen LogP contribution is 2.32. The lowest BCUT2D eigenvalue weighted by Gasteiger charge is -2.32. The van der Waals surface area contributed by atoms with Crippen LogP contribution in [0.15, 0.2) is 53.4 Å². The van der Waals surface area contributed by atoms with Gasteiger partial charge in [0.05, 0.1) is 10.6 Å². The van der Waals surface area contributed by atoms with Gasteiger partial charge in [0, 0.05) is 42.6 Å². The van der Waals surface area contributed by atoms with Gasteiger partial charge >= 0.3 is 6.03 Å². The molecule has 38 heavy (non-hydrogen) atoms. The third-order valence-corrected chi connectivity index (χ3v) is 8.02. The molecule has 1 aliphatic rings. The van der Waals surface area contributed by atoms with Crippen LogP contribution in [-0.2, 0) is 15.3 Å². The fraction of sp³-hybridized carbons (Fsp3) is 0.393. The standard InChI is InChI=1S/C28H35N5O4S/c1-18-22(7-6-8-23(18)28(2,3)4)24-17-25(32-31-24)30-27(35)29-20-13-15-33(16-14-20)26(34)19-9-11-21(12-10-19)38(5,36)37/h6-12,17,20H,13-16H2,1-5H3,(H3,29,30,31,32,35). The van der Waals surface area contributed by atoms with E-state index in [0.29, 0.717) is 37.3 Å². The SMILES string of the molecule is Cc1c(-c2cc(NC(=O)NC3CCN(C(=O)c4ccc(S(C)(=O)=O)cc4)CC3)[nH]n2)cccc1C(C)(C)C. The van der Waals surface area contributed by atoms with Crippen LogP contribution in [0.2, 0.25) is 0 Å². The molecule has 0 bridgehead atoms. The van der Waals surface area contributed by atoms with Gasteiger partial charge in [-0.15, -0.1) is 0 Å². The molecular formula is C28H35N5O4S. The number of hydrogen-bond donors (Lipinski definition) is 3. The number of carbonyl (C=O) groups excluding carboxylic acids is 2. The number of amides is 3. The lowest BCUT2D eigenvalue weighted by molar-refractivity contribution is 0.0708. The Morgan fingerprint density at radius 3 is 2.32 bits per heavy atom. The zero-order chi connectivity index (χ0) is 27.7. The molecule has 1 aromatic heterocycles. The van der Waals surface area contributed by atoms with Gasteiger partial charge in [-0.1, -0.05) is 39.0 Å². The van der Waals surface area contributed by atoms with E-state index in [2.05, 4.69) is 54.6 Å². The average molecular weight is 538 g/mol. The second-order valence-electron chi connectivity index (χ2n) is 10.9. The Kier molecular flexibility index (Phi) is 7.64. The number of likely N-dealkylation sites (tertiary alicyclic amines) is 1. The molecule has 0 spiro atoms. The van der Waals surface area contributed by atoms with E-state index in [9.17, 15) is 18.0 Å². The van der Waals surface area contributed by atoms with Crippen molar-refractivity contribution in [3.05, 3.63) is 65.2 Å². The van der Waals surface area contributed by atoms with Crippen LogP contribution in [0.4, 0.5) is 10.6 Å². The normalized spacial score (nSPS) is 14.8. The van der Waals surface area contributed by atoms with Crippen LogP contribution in [0.1, 0.15) is 55.1 Å². The van der Waals surface area contributed by atoms with Gasteiger partial charge in [0.15, 0.2) is 9.84 Å². The number of anilines is 1. The van der Waals surface area contributed by atoms with E-state index in [4.69, 9.17) is 0 Å². The summed E-state index contributed by atoms with van der Waals surface area (Å²) in [5.41, 5.74) is 4.65. The van der Waals surface area contributed by atoms with Crippen molar-refractivity contribution in [2.75, 3.05) is 24.7 Å². The quantitative estimate of drug-likeness (QED) is 0.442. The Labute approximate surface area is 223 Å². The number of rotatable bonds is 5. The van der Waals surface area contributed by atoms with E-state index in [1.807, 2.05) is 18.2 Å². The van der Waals surface area contributed by atoms with Gasteiger partial charge in [0.2, 0.25) is 0 Å². The first-order chi connectivity index (χ1) is 17.8. The molecule has 3 amide bonds. The van der Waals surface area contributed by atoms with Crippen molar-refractivity contribution in [2.24, 2.45) is 0 Å². The summed E-state index contributed by atoms with van der Waals surface area (Å²) in [5.74, 6) is 0.354. The smallest absolute Gasteiger partial charge is 0.320 e. The van der Waals surface area contributed by atoms with Crippen molar-refractivity contribution in [2.45, 2.75) is 56.9 Å². The predicted molar refractivity (Wildman–Crippen MR) is 148 cm³/mol. The van der Waals surface area contributed by atoms with Crippen LogP contribution < -0.4 is 10.6 Å². The Hall–Kier alpha value is -3.66. The summed E-state index contributed by atoms with van der Waals surface area (Å²) >= 11 is 0. The minimum absolute atomic E-state index is 0.0143. The molecule has 0 atom stereocenters. The summed E-state index contributed by atoms with van der Waals surface area (Å²) in [6.07, 6.45) is 2.37. The molecule has 0 radical (unpaired) electrons. The monoisotopic (exact) mass is 537 g/mol. The van der Waals surface area contributed by atoms with Crippen molar-refractivity contribution in [3.63, 3.8) is 0 Å².